The van der Waals surface area contributed by atoms with Gasteiger partial charge in [-0.1, -0.05) is 82.4 Å². The number of H-pyrrole nitrogens is 1. The fourth-order valence-corrected chi connectivity index (χ4v) is 9.20. The van der Waals surface area contributed by atoms with Crippen LogP contribution < -0.4 is 15.2 Å². The van der Waals surface area contributed by atoms with Crippen molar-refractivity contribution in [3.63, 3.8) is 0 Å². The summed E-state index contributed by atoms with van der Waals surface area (Å²) >= 11 is 3.59. The Morgan fingerprint density at radius 2 is 1.59 bits per heavy atom. The number of ketones is 2. The number of carbonyl (C=O) groups excluding carboxylic acids is 4. The molecule has 1 N–H and O–H groups in total. The minimum absolute atomic E-state index is 0.108. The molecule has 1 unspecified atom stereocenters. The van der Waals surface area contributed by atoms with Crippen LogP contribution in [0.4, 0.5) is 5.69 Å². The SMILES string of the molecule is CC(C)C(Oc1cccc2c(=O)[nH]c(C3C(=O)c4ccc5c6c(c(Br)cc(c46)C3=O)C(=O)N(c3cc(C4=CCC=C4)ccc3C3=CC=CC3)C5=O)nc12)C(C)C. The molecule has 4 aromatic carbocycles. The minimum Gasteiger partial charge on any atom is -0.488 e. The molecular weight excluding hydrogens is 770 g/mol. The van der Waals surface area contributed by atoms with E-state index in [1.54, 1.807) is 24.3 Å². The minimum atomic E-state index is -1.48. The third kappa shape index (κ3) is 5.41. The predicted molar refractivity (Wildman–Crippen MR) is 221 cm³/mol. The molecule has 0 spiro atoms. The summed E-state index contributed by atoms with van der Waals surface area (Å²) in [5, 5.41) is 0.736. The number of aromatic amines is 1. The van der Waals surface area contributed by atoms with Crippen LogP contribution in [0.5, 0.6) is 5.75 Å². The molecule has 9 rings (SSSR count). The molecule has 0 saturated heterocycles. The van der Waals surface area contributed by atoms with E-state index in [-0.39, 0.29) is 67.7 Å². The molecule has 2 heterocycles. The van der Waals surface area contributed by atoms with E-state index in [1.807, 2.05) is 42.5 Å². The Bertz CT molecular complexity index is 2810. The van der Waals surface area contributed by atoms with E-state index in [1.165, 1.54) is 17.0 Å². The van der Waals surface area contributed by atoms with Crippen LogP contribution in [-0.2, 0) is 0 Å². The van der Waals surface area contributed by atoms with Crippen molar-refractivity contribution in [2.45, 2.75) is 52.6 Å². The van der Waals surface area contributed by atoms with Crippen LogP contribution in [0.2, 0.25) is 0 Å². The van der Waals surface area contributed by atoms with Crippen molar-refractivity contribution in [3.05, 3.63) is 145 Å². The van der Waals surface area contributed by atoms with Crippen molar-refractivity contribution in [2.24, 2.45) is 11.8 Å². The first-order valence-corrected chi connectivity index (χ1v) is 19.6. The number of ether oxygens (including phenoxy) is 1. The van der Waals surface area contributed by atoms with Gasteiger partial charge in [0.2, 0.25) is 0 Å². The van der Waals surface area contributed by atoms with E-state index in [0.717, 1.165) is 28.7 Å². The third-order valence-electron chi connectivity index (χ3n) is 11.2. The first-order chi connectivity index (χ1) is 26.9. The number of aromatic nitrogens is 2. The number of nitrogens with one attached hydrogen (secondary N) is 1. The molecule has 4 aliphatic rings. The maximum atomic E-state index is 14.7. The van der Waals surface area contributed by atoms with Gasteiger partial charge in [-0.05, 0) is 93.7 Å². The highest BCUT2D eigenvalue weighted by Crippen LogP contribution is 2.46. The normalized spacial score (nSPS) is 17.4. The number of Topliss-reactive ketones (excluding diaryl/α,β-unsaturated/α-hetero) is 2. The molecule has 0 radical (unpaired) electrons. The fourth-order valence-electron chi connectivity index (χ4n) is 8.60. The Hall–Kier alpha value is -6.00. The monoisotopic (exact) mass is 805 g/mol. The van der Waals surface area contributed by atoms with E-state index in [4.69, 9.17) is 9.72 Å². The van der Waals surface area contributed by atoms with Gasteiger partial charge >= 0.3 is 0 Å². The summed E-state index contributed by atoms with van der Waals surface area (Å²) in [5.74, 6) is -3.21. The number of amides is 2. The molecule has 9 nitrogen and oxygen atoms in total. The quantitative estimate of drug-likeness (QED) is 0.122. The van der Waals surface area contributed by atoms with E-state index >= 15 is 0 Å². The molecule has 1 aliphatic heterocycles. The van der Waals surface area contributed by atoms with Crippen LogP contribution in [0.25, 0.3) is 32.8 Å². The van der Waals surface area contributed by atoms with Gasteiger partial charge in [-0.2, -0.15) is 0 Å². The lowest BCUT2D eigenvalue weighted by atomic mass is 9.76. The van der Waals surface area contributed by atoms with Crippen molar-refractivity contribution in [1.29, 1.82) is 0 Å². The molecule has 5 aromatic rings. The lowest BCUT2D eigenvalue weighted by molar-refractivity contribution is 0.0842. The Kier molecular flexibility index (Phi) is 8.50. The zero-order valence-electron chi connectivity index (χ0n) is 31.1. The predicted octanol–water partition coefficient (Wildman–Crippen LogP) is 9.55. The highest BCUT2D eigenvalue weighted by Gasteiger charge is 2.44. The number of rotatable bonds is 8. The molecule has 1 atom stereocenters. The number of benzene rings is 4. The summed E-state index contributed by atoms with van der Waals surface area (Å²) in [6.45, 7) is 8.22. The number of fused-ring (bicyclic) bond motifs is 1. The number of nitrogens with zero attached hydrogens (tertiary/aromatic N) is 2. The van der Waals surface area contributed by atoms with Gasteiger partial charge in [-0.25, -0.2) is 9.88 Å². The standard InChI is InChI=1S/C46H36BrN3O6/c1-22(2)42(23(3)4)56-34-15-9-14-30-39(34)48-43(49-44(30)53)38-40(51)28-18-19-29-36-35(28)31(41(38)52)21-32(47)37(36)46(55)50(45(29)54)33-20-26(24-10-5-6-11-24)16-17-27(33)25-12-7-8-13-25/h5,7-12,14-23,38,42H,6,13H2,1-4H3,(H,48,49,53). The van der Waals surface area contributed by atoms with E-state index in [9.17, 15) is 24.0 Å². The van der Waals surface area contributed by atoms with Gasteiger partial charge in [0.25, 0.3) is 17.4 Å². The average Bonchev–Trinajstić information content (AvgIpc) is 3.91. The molecular formula is C46H36BrN3O6. The number of halogens is 1. The number of imide groups is 1. The lowest BCUT2D eigenvalue weighted by Crippen LogP contribution is -2.42. The second-order valence-electron chi connectivity index (χ2n) is 15.3. The van der Waals surface area contributed by atoms with Gasteiger partial charge in [-0.3, -0.25) is 24.0 Å². The van der Waals surface area contributed by atoms with Gasteiger partial charge in [0, 0.05) is 37.5 Å². The van der Waals surface area contributed by atoms with Crippen LogP contribution in [0.15, 0.2) is 100 Å². The maximum Gasteiger partial charge on any atom is 0.267 e. The second kappa shape index (κ2) is 13.3. The van der Waals surface area contributed by atoms with Gasteiger partial charge in [0.15, 0.2) is 11.6 Å². The van der Waals surface area contributed by atoms with Crippen molar-refractivity contribution in [3.8, 4) is 5.75 Å². The smallest absolute Gasteiger partial charge is 0.267 e. The van der Waals surface area contributed by atoms with E-state index in [2.05, 4.69) is 60.8 Å². The number of hydrogen-bond donors (Lipinski definition) is 1. The number of hydrogen-bond acceptors (Lipinski definition) is 7. The first-order valence-electron chi connectivity index (χ1n) is 18.8. The second-order valence-corrected chi connectivity index (χ2v) is 16.2. The zero-order chi connectivity index (χ0) is 39.2. The first kappa shape index (κ1) is 35.7. The molecule has 0 saturated carbocycles. The van der Waals surface area contributed by atoms with Crippen LogP contribution in [0, 0.1) is 11.8 Å². The van der Waals surface area contributed by atoms with Crippen LogP contribution in [0.3, 0.4) is 0 Å². The molecule has 1 aromatic heterocycles. The summed E-state index contributed by atoms with van der Waals surface area (Å²) in [4.78, 5) is 80.6. The van der Waals surface area contributed by atoms with Crippen LogP contribution >= 0.6 is 15.9 Å². The van der Waals surface area contributed by atoms with Gasteiger partial charge < -0.3 is 9.72 Å². The summed E-state index contributed by atoms with van der Waals surface area (Å²) in [6.07, 6.45) is 13.4. The van der Waals surface area contributed by atoms with E-state index < -0.39 is 34.9 Å². The summed E-state index contributed by atoms with van der Waals surface area (Å²) in [6, 6.07) is 15.5. The Labute approximate surface area is 330 Å². The Morgan fingerprint density at radius 3 is 2.30 bits per heavy atom. The van der Waals surface area contributed by atoms with Crippen molar-refractivity contribution >= 4 is 77.8 Å². The van der Waals surface area contributed by atoms with E-state index in [0.29, 0.717) is 22.3 Å². The molecule has 10 heteroatoms. The molecule has 0 bridgehead atoms. The molecule has 278 valence electrons. The zero-order valence-corrected chi connectivity index (χ0v) is 32.7. The van der Waals surface area contributed by atoms with Gasteiger partial charge in [0.05, 0.1) is 16.6 Å². The molecule has 0 fully saturated rings. The Balaban J connectivity index is 1.17. The van der Waals surface area contributed by atoms with Crippen molar-refractivity contribution in [2.75, 3.05) is 4.90 Å². The summed E-state index contributed by atoms with van der Waals surface area (Å²) < 4.78 is 6.72. The largest absolute Gasteiger partial charge is 0.488 e. The Morgan fingerprint density at radius 1 is 0.839 bits per heavy atom. The number of anilines is 1. The highest BCUT2D eigenvalue weighted by molar-refractivity contribution is 9.10. The van der Waals surface area contributed by atoms with Crippen molar-refractivity contribution < 1.29 is 23.9 Å². The summed E-state index contributed by atoms with van der Waals surface area (Å²) in [7, 11) is 0. The van der Waals surface area contributed by atoms with Crippen molar-refractivity contribution in [1.82, 2.24) is 9.97 Å². The lowest BCUT2D eigenvalue weighted by Gasteiger charge is -2.32. The summed E-state index contributed by atoms with van der Waals surface area (Å²) in [5.41, 5.74) is 4.47. The molecule has 56 heavy (non-hydrogen) atoms. The number of para-hydroxylation sites is 1. The third-order valence-corrected chi connectivity index (χ3v) is 11.8. The number of carbonyl (C=O) groups is 4. The van der Waals surface area contributed by atoms with Crippen LogP contribution in [0.1, 0.15) is 105 Å². The van der Waals surface area contributed by atoms with Gasteiger partial charge in [0.1, 0.15) is 29.1 Å². The highest BCUT2D eigenvalue weighted by atomic mass is 79.9. The average molecular weight is 807 g/mol. The fraction of sp³-hybridized carbons (Fsp3) is 0.217. The topological polar surface area (TPSA) is 127 Å². The number of allylic oxidation sites excluding steroid dienone is 8. The maximum absolute atomic E-state index is 14.7. The molecule has 2 amide bonds. The molecule has 3 aliphatic carbocycles. The van der Waals surface area contributed by atoms with Gasteiger partial charge in [-0.15, -0.1) is 0 Å². The van der Waals surface area contributed by atoms with Crippen LogP contribution in [-0.4, -0.2) is 39.5 Å².